The Morgan fingerprint density at radius 1 is 1.08 bits per heavy atom. The Morgan fingerprint density at radius 3 is 2.77 bits per heavy atom. The lowest BCUT2D eigenvalue weighted by molar-refractivity contribution is -0.115. The van der Waals surface area contributed by atoms with Gasteiger partial charge in [0.05, 0.1) is 17.8 Å². The minimum Gasteiger partial charge on any atom is -0.454 e. The monoisotopic (exact) mass is 358 g/mol. The zero-order valence-electron chi connectivity index (χ0n) is 13.3. The molecule has 1 aliphatic rings. The number of carbonyl (C=O) groups is 1. The Bertz CT molecular complexity index is 987. The molecular formula is C18H12F2N2O4. The highest BCUT2D eigenvalue weighted by molar-refractivity contribution is 5.92. The molecule has 0 unspecified atom stereocenters. The average Bonchev–Trinajstić information content (AvgIpc) is 3.25. The number of amides is 1. The minimum atomic E-state index is -0.848. The van der Waals surface area contributed by atoms with Crippen LogP contribution < -0.4 is 14.8 Å². The van der Waals surface area contributed by atoms with Crippen LogP contribution in [-0.2, 0) is 11.2 Å². The molecule has 1 amide bonds. The first-order valence-corrected chi connectivity index (χ1v) is 7.69. The molecule has 0 atom stereocenters. The molecule has 1 N–H and O–H groups in total. The van der Waals surface area contributed by atoms with Crippen molar-refractivity contribution in [3.8, 4) is 22.8 Å². The summed E-state index contributed by atoms with van der Waals surface area (Å²) in [6, 6.07) is 9.81. The number of benzene rings is 2. The molecule has 0 spiro atoms. The van der Waals surface area contributed by atoms with E-state index in [0.717, 1.165) is 17.7 Å². The molecule has 8 heteroatoms. The van der Waals surface area contributed by atoms with E-state index in [2.05, 4.69) is 10.5 Å². The van der Waals surface area contributed by atoms with Gasteiger partial charge in [-0.2, -0.15) is 0 Å². The number of hydrogen-bond acceptors (Lipinski definition) is 5. The predicted molar refractivity (Wildman–Crippen MR) is 86.8 cm³/mol. The Balaban J connectivity index is 1.45. The molecule has 6 nitrogen and oxygen atoms in total. The van der Waals surface area contributed by atoms with Gasteiger partial charge in [0.2, 0.25) is 12.7 Å². The number of halogens is 2. The number of carbonyl (C=O) groups excluding carboxylic acids is 1. The highest BCUT2D eigenvalue weighted by atomic mass is 19.1. The van der Waals surface area contributed by atoms with Crippen LogP contribution in [0.3, 0.4) is 0 Å². The Hall–Kier alpha value is -3.42. The van der Waals surface area contributed by atoms with Gasteiger partial charge in [-0.3, -0.25) is 4.79 Å². The summed E-state index contributed by atoms with van der Waals surface area (Å²) in [5, 5.41) is 6.21. The molecule has 1 aliphatic heterocycles. The normalized spacial score (nSPS) is 12.2. The molecule has 0 saturated heterocycles. The van der Waals surface area contributed by atoms with Crippen molar-refractivity contribution in [2.45, 2.75) is 6.42 Å². The largest absolute Gasteiger partial charge is 0.454 e. The highest BCUT2D eigenvalue weighted by Crippen LogP contribution is 2.36. The summed E-state index contributed by atoms with van der Waals surface area (Å²) in [6.45, 7) is 0.167. The van der Waals surface area contributed by atoms with E-state index in [1.54, 1.807) is 24.3 Å². The topological polar surface area (TPSA) is 73.6 Å². The third kappa shape index (κ3) is 3.21. The molecule has 0 aliphatic carbocycles. The third-order valence-electron chi connectivity index (χ3n) is 3.76. The second kappa shape index (κ2) is 6.47. The second-order valence-corrected chi connectivity index (χ2v) is 5.60. The standard InChI is InChI=1S/C18H12F2N2O4/c19-11-2-3-14(13(20)6-11)21-18(23)8-12-7-16(26-22-12)10-1-4-15-17(5-10)25-9-24-15/h1-7H,8-9H2,(H,21,23). The van der Waals surface area contributed by atoms with Crippen LogP contribution in [0.1, 0.15) is 5.69 Å². The molecule has 0 fully saturated rings. The van der Waals surface area contributed by atoms with Crippen molar-refractivity contribution in [2.24, 2.45) is 0 Å². The number of hydrogen-bond donors (Lipinski definition) is 1. The van der Waals surface area contributed by atoms with Crippen molar-refractivity contribution in [3.05, 3.63) is 59.8 Å². The van der Waals surface area contributed by atoms with E-state index in [0.29, 0.717) is 29.0 Å². The van der Waals surface area contributed by atoms with Gasteiger partial charge >= 0.3 is 0 Å². The summed E-state index contributed by atoms with van der Waals surface area (Å²) < 4.78 is 42.3. The molecule has 3 aromatic rings. The fraction of sp³-hybridized carbons (Fsp3) is 0.111. The first-order valence-electron chi connectivity index (χ1n) is 7.69. The van der Waals surface area contributed by atoms with Gasteiger partial charge in [-0.25, -0.2) is 8.78 Å². The summed E-state index contributed by atoms with van der Waals surface area (Å²) >= 11 is 0. The molecule has 1 aromatic heterocycles. The van der Waals surface area contributed by atoms with Crippen molar-refractivity contribution < 1.29 is 27.6 Å². The third-order valence-corrected chi connectivity index (χ3v) is 3.76. The van der Waals surface area contributed by atoms with Crippen LogP contribution in [0.15, 0.2) is 47.0 Å². The first kappa shape index (κ1) is 16.1. The molecule has 0 radical (unpaired) electrons. The number of rotatable bonds is 4. The smallest absolute Gasteiger partial charge is 0.231 e. The van der Waals surface area contributed by atoms with Crippen LogP contribution in [0.2, 0.25) is 0 Å². The van der Waals surface area contributed by atoms with Crippen LogP contribution in [0.5, 0.6) is 11.5 Å². The summed E-state index contributed by atoms with van der Waals surface area (Å²) in [4.78, 5) is 12.0. The van der Waals surface area contributed by atoms with Gasteiger partial charge in [-0.15, -0.1) is 0 Å². The minimum absolute atomic E-state index is 0.101. The number of ether oxygens (including phenoxy) is 2. The van der Waals surface area contributed by atoms with Gasteiger partial charge < -0.3 is 19.3 Å². The Morgan fingerprint density at radius 2 is 1.92 bits per heavy atom. The van der Waals surface area contributed by atoms with E-state index >= 15 is 0 Å². The maximum absolute atomic E-state index is 13.6. The van der Waals surface area contributed by atoms with E-state index in [4.69, 9.17) is 14.0 Å². The fourth-order valence-corrected chi connectivity index (χ4v) is 2.53. The fourth-order valence-electron chi connectivity index (χ4n) is 2.53. The quantitative estimate of drug-likeness (QED) is 0.772. The van der Waals surface area contributed by atoms with Gasteiger partial charge in [0, 0.05) is 17.7 Å². The lowest BCUT2D eigenvalue weighted by Gasteiger charge is -2.04. The van der Waals surface area contributed by atoms with Crippen LogP contribution in [-0.4, -0.2) is 17.9 Å². The van der Waals surface area contributed by atoms with Crippen molar-refractivity contribution >= 4 is 11.6 Å². The van der Waals surface area contributed by atoms with Crippen molar-refractivity contribution in [1.29, 1.82) is 0 Å². The SMILES string of the molecule is O=C(Cc1cc(-c2ccc3c(c2)OCO3)on1)Nc1ccc(F)cc1F. The Kier molecular flexibility index (Phi) is 4.00. The van der Waals surface area contributed by atoms with Crippen molar-refractivity contribution in [2.75, 3.05) is 12.1 Å². The van der Waals surface area contributed by atoms with E-state index in [9.17, 15) is 13.6 Å². The average molecular weight is 358 g/mol. The Labute approximate surface area is 146 Å². The maximum atomic E-state index is 13.6. The zero-order valence-corrected chi connectivity index (χ0v) is 13.3. The van der Waals surface area contributed by atoms with E-state index < -0.39 is 17.5 Å². The summed E-state index contributed by atoms with van der Waals surface area (Å²) in [5.41, 5.74) is 0.992. The van der Waals surface area contributed by atoms with Gasteiger partial charge in [0.25, 0.3) is 0 Å². The number of nitrogens with zero attached hydrogens (tertiary/aromatic N) is 1. The summed E-state index contributed by atoms with van der Waals surface area (Å²) in [7, 11) is 0. The molecule has 0 saturated carbocycles. The molecule has 26 heavy (non-hydrogen) atoms. The van der Waals surface area contributed by atoms with Crippen molar-refractivity contribution in [1.82, 2.24) is 5.16 Å². The van der Waals surface area contributed by atoms with Gasteiger partial charge in [0.1, 0.15) is 11.6 Å². The predicted octanol–water partition coefficient (Wildman–Crippen LogP) is 3.53. The summed E-state index contributed by atoms with van der Waals surface area (Å²) in [5.74, 6) is -0.357. The van der Waals surface area contributed by atoms with Crippen molar-refractivity contribution in [3.63, 3.8) is 0 Å². The maximum Gasteiger partial charge on any atom is 0.231 e. The molecule has 2 aromatic carbocycles. The van der Waals surface area contributed by atoms with Crippen LogP contribution in [0.4, 0.5) is 14.5 Å². The van der Waals surface area contributed by atoms with Gasteiger partial charge in [-0.05, 0) is 30.3 Å². The second-order valence-electron chi connectivity index (χ2n) is 5.60. The van der Waals surface area contributed by atoms with Crippen LogP contribution >= 0.6 is 0 Å². The summed E-state index contributed by atoms with van der Waals surface area (Å²) in [6.07, 6.45) is -0.120. The number of anilines is 1. The highest BCUT2D eigenvalue weighted by Gasteiger charge is 2.17. The molecule has 0 bridgehead atoms. The van der Waals surface area contributed by atoms with Crippen LogP contribution in [0.25, 0.3) is 11.3 Å². The lowest BCUT2D eigenvalue weighted by Crippen LogP contribution is -2.15. The van der Waals surface area contributed by atoms with Gasteiger partial charge in [-0.1, -0.05) is 5.16 Å². The number of aromatic nitrogens is 1. The molecule has 2 heterocycles. The van der Waals surface area contributed by atoms with E-state index in [1.807, 2.05) is 0 Å². The first-order chi connectivity index (χ1) is 12.6. The van der Waals surface area contributed by atoms with Gasteiger partial charge in [0.15, 0.2) is 17.3 Å². The number of nitrogens with one attached hydrogen (secondary N) is 1. The lowest BCUT2D eigenvalue weighted by atomic mass is 10.1. The molecule has 4 rings (SSSR count). The van der Waals surface area contributed by atoms with Crippen LogP contribution in [0, 0.1) is 11.6 Å². The van der Waals surface area contributed by atoms with E-state index in [1.165, 1.54) is 0 Å². The molecular weight excluding hydrogens is 346 g/mol. The van der Waals surface area contributed by atoms with E-state index in [-0.39, 0.29) is 18.9 Å². The zero-order chi connectivity index (χ0) is 18.1. The molecule has 132 valence electrons. The number of fused-ring (bicyclic) bond motifs is 1.